The molecule has 1 heterocycles. The number of aromatic nitrogens is 1. The molecule has 0 radical (unpaired) electrons. The van der Waals surface area contributed by atoms with Crippen molar-refractivity contribution in [2.75, 3.05) is 0 Å². The lowest BCUT2D eigenvalue weighted by Gasteiger charge is -1.98. The lowest BCUT2D eigenvalue weighted by molar-refractivity contribution is -0.386. The average molecular weight is 233 g/mol. The molecule has 0 atom stereocenters. The van der Waals surface area contributed by atoms with E-state index in [0.29, 0.717) is 5.69 Å². The van der Waals surface area contributed by atoms with Crippen molar-refractivity contribution in [1.29, 1.82) is 0 Å². The van der Waals surface area contributed by atoms with Crippen molar-refractivity contribution in [3.8, 4) is 5.75 Å². The fourth-order valence-electron chi connectivity index (χ4n) is 0.751. The first kappa shape index (κ1) is 8.92. The fraction of sp³-hybridized carbons (Fsp3) is 0.167. The van der Waals surface area contributed by atoms with Crippen molar-refractivity contribution in [2.24, 2.45) is 0 Å². The van der Waals surface area contributed by atoms with E-state index < -0.39 is 10.7 Å². The fourth-order valence-corrected chi connectivity index (χ4v) is 1.23. The van der Waals surface area contributed by atoms with Crippen LogP contribution in [0.25, 0.3) is 0 Å². The summed E-state index contributed by atoms with van der Waals surface area (Å²) in [5, 5.41) is 19.5. The first-order chi connectivity index (χ1) is 5.52. The smallest absolute Gasteiger partial charge is 0.315 e. The second-order valence-electron chi connectivity index (χ2n) is 2.18. The third kappa shape index (κ3) is 1.53. The van der Waals surface area contributed by atoms with Crippen LogP contribution in [0.15, 0.2) is 10.7 Å². The Labute approximate surface area is 76.3 Å². The molecule has 0 aliphatic heterocycles. The zero-order valence-corrected chi connectivity index (χ0v) is 7.70. The number of aryl methyl sites for hydroxylation is 1. The van der Waals surface area contributed by atoms with Gasteiger partial charge in [-0.1, -0.05) is 0 Å². The highest BCUT2D eigenvalue weighted by Gasteiger charge is 2.17. The molecule has 0 fully saturated rings. The second kappa shape index (κ2) is 3.06. The van der Waals surface area contributed by atoms with Crippen LogP contribution in [0, 0.1) is 17.0 Å². The molecule has 6 heteroatoms. The highest BCUT2D eigenvalue weighted by Crippen LogP contribution is 2.32. The van der Waals surface area contributed by atoms with Gasteiger partial charge in [-0.15, -0.1) is 0 Å². The molecule has 0 spiro atoms. The maximum absolute atomic E-state index is 10.3. The van der Waals surface area contributed by atoms with Crippen molar-refractivity contribution < 1.29 is 10.0 Å². The van der Waals surface area contributed by atoms with E-state index in [0.717, 1.165) is 0 Å². The van der Waals surface area contributed by atoms with Gasteiger partial charge in [-0.05, 0) is 22.9 Å². The van der Waals surface area contributed by atoms with Crippen molar-refractivity contribution in [2.45, 2.75) is 6.92 Å². The number of hydrogen-bond donors (Lipinski definition) is 1. The Kier molecular flexibility index (Phi) is 2.27. The normalized spacial score (nSPS) is 9.83. The molecule has 12 heavy (non-hydrogen) atoms. The van der Waals surface area contributed by atoms with E-state index in [1.54, 1.807) is 6.92 Å². The van der Waals surface area contributed by atoms with Gasteiger partial charge < -0.3 is 5.11 Å². The van der Waals surface area contributed by atoms with E-state index >= 15 is 0 Å². The lowest BCUT2D eigenvalue weighted by Crippen LogP contribution is -1.92. The first-order valence-corrected chi connectivity index (χ1v) is 3.82. The van der Waals surface area contributed by atoms with Gasteiger partial charge in [-0.2, -0.15) is 0 Å². The number of nitrogens with zero attached hydrogens (tertiary/aromatic N) is 2. The van der Waals surface area contributed by atoms with Crippen molar-refractivity contribution in [1.82, 2.24) is 4.98 Å². The van der Waals surface area contributed by atoms with E-state index in [9.17, 15) is 10.1 Å². The van der Waals surface area contributed by atoms with Gasteiger partial charge in [0.15, 0.2) is 4.60 Å². The number of nitro groups is 1. The molecule has 0 unspecified atom stereocenters. The van der Waals surface area contributed by atoms with Gasteiger partial charge >= 0.3 is 5.69 Å². The summed E-state index contributed by atoms with van der Waals surface area (Å²) in [6, 6.07) is 1.21. The van der Waals surface area contributed by atoms with E-state index in [-0.39, 0.29) is 10.3 Å². The van der Waals surface area contributed by atoms with E-state index in [1.165, 1.54) is 6.07 Å². The molecule has 1 aromatic rings. The van der Waals surface area contributed by atoms with Gasteiger partial charge in [0.05, 0.1) is 4.92 Å². The highest BCUT2D eigenvalue weighted by atomic mass is 79.9. The Bertz CT molecular complexity index is 340. The van der Waals surface area contributed by atoms with Gasteiger partial charge in [0.1, 0.15) is 0 Å². The van der Waals surface area contributed by atoms with Crippen LogP contribution in [0.5, 0.6) is 5.75 Å². The van der Waals surface area contributed by atoms with Gasteiger partial charge in [0.2, 0.25) is 5.75 Å². The Morgan fingerprint density at radius 3 is 2.83 bits per heavy atom. The van der Waals surface area contributed by atoms with Crippen LogP contribution in [-0.4, -0.2) is 15.0 Å². The van der Waals surface area contributed by atoms with Crippen LogP contribution in [0.3, 0.4) is 0 Å². The van der Waals surface area contributed by atoms with Gasteiger partial charge in [-0.25, -0.2) is 4.98 Å². The molecule has 0 amide bonds. The Morgan fingerprint density at radius 1 is 1.75 bits per heavy atom. The van der Waals surface area contributed by atoms with E-state index in [4.69, 9.17) is 5.11 Å². The first-order valence-electron chi connectivity index (χ1n) is 3.03. The summed E-state index contributed by atoms with van der Waals surface area (Å²) in [6.45, 7) is 1.61. The predicted molar refractivity (Wildman–Crippen MR) is 45.0 cm³/mol. The predicted octanol–water partition coefficient (Wildman–Crippen LogP) is 1.77. The lowest BCUT2D eigenvalue weighted by atomic mass is 10.3. The van der Waals surface area contributed by atoms with Crippen molar-refractivity contribution in [3.05, 3.63) is 26.5 Å². The van der Waals surface area contributed by atoms with Crippen LogP contribution in [0.2, 0.25) is 0 Å². The molecule has 0 aliphatic carbocycles. The topological polar surface area (TPSA) is 76.3 Å². The van der Waals surface area contributed by atoms with Gasteiger partial charge in [-0.3, -0.25) is 10.1 Å². The monoisotopic (exact) mass is 232 g/mol. The maximum Gasteiger partial charge on any atom is 0.315 e. The standard InChI is InChI=1S/C6H5BrN2O3/c1-3-2-4(9(11)12)5(10)6(7)8-3/h2,10H,1H3. The third-order valence-corrected chi connectivity index (χ3v) is 1.81. The average Bonchev–Trinajstić information content (AvgIpc) is 1.96. The molecule has 0 aromatic carbocycles. The number of rotatable bonds is 1. The molecule has 0 saturated carbocycles. The number of hydrogen-bond acceptors (Lipinski definition) is 4. The molecular formula is C6H5BrN2O3. The molecule has 0 bridgehead atoms. The van der Waals surface area contributed by atoms with E-state index in [1.807, 2.05) is 0 Å². The molecule has 64 valence electrons. The zero-order valence-electron chi connectivity index (χ0n) is 6.11. The highest BCUT2D eigenvalue weighted by molar-refractivity contribution is 9.10. The van der Waals surface area contributed by atoms with Crippen LogP contribution < -0.4 is 0 Å². The number of halogens is 1. The van der Waals surface area contributed by atoms with Crippen LogP contribution >= 0.6 is 15.9 Å². The quantitative estimate of drug-likeness (QED) is 0.455. The molecular weight excluding hydrogens is 228 g/mol. The summed E-state index contributed by atoms with van der Waals surface area (Å²) >= 11 is 2.90. The Hall–Kier alpha value is -1.17. The summed E-state index contributed by atoms with van der Waals surface area (Å²) in [5.41, 5.74) is 0.140. The molecule has 1 aromatic heterocycles. The second-order valence-corrected chi connectivity index (χ2v) is 2.93. The molecule has 5 nitrogen and oxygen atoms in total. The minimum Gasteiger partial charge on any atom is -0.500 e. The van der Waals surface area contributed by atoms with Crippen LogP contribution in [0.4, 0.5) is 5.69 Å². The Morgan fingerprint density at radius 2 is 2.33 bits per heavy atom. The van der Waals surface area contributed by atoms with Gasteiger partial charge in [0, 0.05) is 11.8 Å². The minimum absolute atomic E-state index is 0.0919. The minimum atomic E-state index is -0.658. The maximum atomic E-state index is 10.3. The van der Waals surface area contributed by atoms with Gasteiger partial charge in [0.25, 0.3) is 0 Å². The summed E-state index contributed by atoms with van der Waals surface area (Å²) in [7, 11) is 0. The van der Waals surface area contributed by atoms with Crippen LogP contribution in [0.1, 0.15) is 5.69 Å². The summed E-state index contributed by atoms with van der Waals surface area (Å²) < 4.78 is 0.0919. The zero-order chi connectivity index (χ0) is 9.30. The van der Waals surface area contributed by atoms with Crippen molar-refractivity contribution in [3.63, 3.8) is 0 Å². The summed E-state index contributed by atoms with van der Waals surface area (Å²) in [4.78, 5) is 13.4. The number of aromatic hydroxyl groups is 1. The van der Waals surface area contributed by atoms with Crippen molar-refractivity contribution >= 4 is 21.6 Å². The van der Waals surface area contributed by atoms with E-state index in [2.05, 4.69) is 20.9 Å². The Balaban J connectivity index is 3.37. The molecule has 0 saturated heterocycles. The number of pyridine rings is 1. The SMILES string of the molecule is Cc1cc([N+](=O)[O-])c(O)c(Br)n1. The molecule has 1 rings (SSSR count). The summed E-state index contributed by atoms with van der Waals surface area (Å²) in [5.74, 6) is -0.439. The van der Waals surface area contributed by atoms with Crippen LogP contribution in [-0.2, 0) is 0 Å². The largest absolute Gasteiger partial charge is 0.500 e. The molecule has 0 aliphatic rings. The third-order valence-electron chi connectivity index (χ3n) is 1.25. The summed E-state index contributed by atoms with van der Waals surface area (Å²) in [6.07, 6.45) is 0. The molecule has 1 N–H and O–H groups in total.